The monoisotopic (exact) mass is 600 g/mol. The Hall–Kier alpha value is -3.74. The number of rotatable bonds is 7. The van der Waals surface area contributed by atoms with E-state index in [0.29, 0.717) is 42.5 Å². The molecule has 3 aromatic rings. The van der Waals surface area contributed by atoms with E-state index in [-0.39, 0.29) is 19.1 Å². The summed E-state index contributed by atoms with van der Waals surface area (Å²) in [5.41, 5.74) is 5.67. The van der Waals surface area contributed by atoms with Crippen molar-refractivity contribution >= 4 is 34.2 Å². The number of hydrogen-bond acceptors (Lipinski definition) is 6. The molecular formula is C33H34ClFN6O2. The number of ether oxygens (including phenoxy) is 1. The van der Waals surface area contributed by atoms with Gasteiger partial charge in [0.25, 0.3) is 5.91 Å². The predicted molar refractivity (Wildman–Crippen MR) is 165 cm³/mol. The van der Waals surface area contributed by atoms with E-state index in [1.807, 2.05) is 17.0 Å². The number of halogens is 2. The molecule has 43 heavy (non-hydrogen) atoms. The van der Waals surface area contributed by atoms with Crippen LogP contribution in [0, 0.1) is 12.5 Å². The van der Waals surface area contributed by atoms with E-state index in [1.165, 1.54) is 28.0 Å². The Morgan fingerprint density at radius 3 is 2.84 bits per heavy atom. The van der Waals surface area contributed by atoms with Gasteiger partial charge in [0, 0.05) is 41.6 Å². The summed E-state index contributed by atoms with van der Waals surface area (Å²) in [6, 6.07) is 10.6. The number of anilines is 1. The highest BCUT2D eigenvalue weighted by Crippen LogP contribution is 2.59. The third-order valence-corrected chi connectivity index (χ3v) is 9.97. The first-order valence-corrected chi connectivity index (χ1v) is 15.4. The van der Waals surface area contributed by atoms with Crippen LogP contribution >= 0.6 is 11.6 Å². The molecule has 4 aliphatic rings. The fourth-order valence-corrected chi connectivity index (χ4v) is 7.56. The molecule has 0 N–H and O–H groups in total. The number of nitrogens with zero attached hydrogens (tertiary/aromatic N) is 6. The number of carbonyl (C=O) groups excluding carboxylic acids is 1. The topological polar surface area (TPSA) is 66.2 Å². The second-order valence-electron chi connectivity index (χ2n) is 12.3. The lowest BCUT2D eigenvalue weighted by molar-refractivity contribution is -0.131. The van der Waals surface area contributed by atoms with E-state index in [0.717, 1.165) is 48.2 Å². The van der Waals surface area contributed by atoms with Gasteiger partial charge in [-0.3, -0.25) is 4.79 Å². The Morgan fingerprint density at radius 2 is 2.07 bits per heavy atom. The van der Waals surface area contributed by atoms with Crippen LogP contribution in [0.25, 0.3) is 26.9 Å². The highest BCUT2D eigenvalue weighted by molar-refractivity contribution is 6.34. The number of aromatic nitrogens is 2. The van der Waals surface area contributed by atoms with Gasteiger partial charge in [0.05, 0.1) is 5.52 Å². The average molecular weight is 601 g/mol. The summed E-state index contributed by atoms with van der Waals surface area (Å²) in [5, 5.41) is 1.39. The molecule has 7 rings (SSSR count). The third kappa shape index (κ3) is 5.11. The van der Waals surface area contributed by atoms with Crippen molar-refractivity contribution in [1.29, 1.82) is 0 Å². The molecule has 10 heteroatoms. The van der Waals surface area contributed by atoms with Crippen LogP contribution in [0.5, 0.6) is 6.01 Å². The molecule has 3 heterocycles. The Labute approximate surface area is 255 Å². The molecule has 2 unspecified atom stereocenters. The van der Waals surface area contributed by atoms with Gasteiger partial charge < -0.3 is 24.3 Å². The summed E-state index contributed by atoms with van der Waals surface area (Å²) in [6.45, 7) is 13.2. The number of benzene rings is 2. The van der Waals surface area contributed by atoms with Crippen LogP contribution in [0.15, 0.2) is 42.7 Å². The first-order valence-electron chi connectivity index (χ1n) is 15.0. The molecule has 2 aliphatic heterocycles. The Bertz CT molecular complexity index is 1670. The minimum atomic E-state index is -1.02. The molecule has 0 radical (unpaired) electrons. The van der Waals surface area contributed by atoms with Crippen molar-refractivity contribution in [1.82, 2.24) is 19.8 Å². The summed E-state index contributed by atoms with van der Waals surface area (Å²) < 4.78 is 20.1. The minimum Gasteiger partial charge on any atom is -0.462 e. The second kappa shape index (κ2) is 11.1. The summed E-state index contributed by atoms with van der Waals surface area (Å²) in [7, 11) is 2.11. The molecule has 2 saturated heterocycles. The normalized spacial score (nSPS) is 24.5. The number of hydrogen-bond donors (Lipinski definition) is 0. The first-order chi connectivity index (χ1) is 20.8. The van der Waals surface area contributed by atoms with Crippen molar-refractivity contribution in [2.24, 2.45) is 5.92 Å². The van der Waals surface area contributed by atoms with E-state index < -0.39 is 17.8 Å². The predicted octanol–water partition coefficient (Wildman–Crippen LogP) is 5.50. The van der Waals surface area contributed by atoms with Crippen molar-refractivity contribution in [2.75, 3.05) is 51.3 Å². The lowest BCUT2D eigenvalue weighted by Gasteiger charge is -2.39. The van der Waals surface area contributed by atoms with E-state index in [4.69, 9.17) is 32.9 Å². The highest BCUT2D eigenvalue weighted by Gasteiger charge is 2.46. The molecule has 0 spiro atoms. The number of likely N-dealkylation sites (tertiary alicyclic amines) is 1. The number of carbonyl (C=O) groups is 1. The van der Waals surface area contributed by atoms with E-state index >= 15 is 0 Å². The lowest BCUT2D eigenvalue weighted by atomic mass is 9.93. The van der Waals surface area contributed by atoms with Gasteiger partial charge in [0.1, 0.15) is 18.5 Å². The van der Waals surface area contributed by atoms with Gasteiger partial charge in [-0.05, 0) is 79.9 Å². The maximum absolute atomic E-state index is 13.8. The fourth-order valence-electron chi connectivity index (χ4n) is 7.29. The van der Waals surface area contributed by atoms with Crippen molar-refractivity contribution in [3.63, 3.8) is 0 Å². The first kappa shape index (κ1) is 28.1. The maximum atomic E-state index is 13.8. The zero-order valence-corrected chi connectivity index (χ0v) is 25.0. The van der Waals surface area contributed by atoms with Crippen molar-refractivity contribution in [3.8, 4) is 17.1 Å². The van der Waals surface area contributed by atoms with Gasteiger partial charge in [-0.1, -0.05) is 36.4 Å². The van der Waals surface area contributed by atoms with Gasteiger partial charge in [-0.25, -0.2) is 11.0 Å². The maximum Gasteiger partial charge on any atom is 0.319 e. The smallest absolute Gasteiger partial charge is 0.319 e. The summed E-state index contributed by atoms with van der Waals surface area (Å²) >= 11 is 7.04. The van der Waals surface area contributed by atoms with Crippen LogP contribution < -0.4 is 9.64 Å². The number of piperazine rings is 1. The zero-order chi connectivity index (χ0) is 29.8. The van der Waals surface area contributed by atoms with Crippen LogP contribution in [0.4, 0.5) is 10.2 Å². The molecule has 1 amide bonds. The fraction of sp³-hybridized carbons (Fsp3) is 0.455. The number of fused-ring (bicyclic) bond motifs is 4. The third-order valence-electron chi connectivity index (χ3n) is 9.66. The summed E-state index contributed by atoms with van der Waals surface area (Å²) in [6.07, 6.45) is 4.57. The van der Waals surface area contributed by atoms with E-state index in [1.54, 1.807) is 0 Å². The molecule has 222 valence electrons. The largest absolute Gasteiger partial charge is 0.462 e. The van der Waals surface area contributed by atoms with Crippen molar-refractivity contribution in [3.05, 3.63) is 70.3 Å². The van der Waals surface area contributed by atoms with Gasteiger partial charge in [-0.2, -0.15) is 9.97 Å². The molecule has 0 bridgehead atoms. The molecule has 2 aromatic carbocycles. The van der Waals surface area contributed by atoms with Crippen molar-refractivity contribution in [2.45, 2.75) is 43.7 Å². The standard InChI is InChI=1S/C33H34ClFN6O2/c1-19(35)32(42)41-11-10-40(17-23(41)16-36-2)31-27-14-28(34)26(24-8-4-6-20-12-21-13-25(21)30(20)24)15-29(27)37-33(38-31)43-18-22-7-5-9-39(22)3/h4,6,8,14-15,21-23,25H,1,5,7,9-13,16-18H2,3H3/t21?,22-,23-,25?/m0/s1. The van der Waals surface area contributed by atoms with Crippen LogP contribution in [0.1, 0.15) is 36.3 Å². The molecule has 4 atom stereocenters. The quantitative estimate of drug-likeness (QED) is 0.264. The molecule has 3 fully saturated rings. The summed E-state index contributed by atoms with van der Waals surface area (Å²) in [5.74, 6) is 0.204. The van der Waals surface area contributed by atoms with E-state index in [2.05, 4.69) is 41.6 Å². The van der Waals surface area contributed by atoms with Crippen LogP contribution in [-0.4, -0.2) is 84.1 Å². The molecule has 1 saturated carbocycles. The van der Waals surface area contributed by atoms with Gasteiger partial charge in [0.15, 0.2) is 5.83 Å². The van der Waals surface area contributed by atoms with Gasteiger partial charge in [0.2, 0.25) is 6.54 Å². The Morgan fingerprint density at radius 1 is 1.21 bits per heavy atom. The average Bonchev–Trinajstić information content (AvgIpc) is 3.47. The molecule has 8 nitrogen and oxygen atoms in total. The Balaban J connectivity index is 1.29. The van der Waals surface area contributed by atoms with Gasteiger partial charge in [-0.15, -0.1) is 0 Å². The highest BCUT2D eigenvalue weighted by atomic mass is 35.5. The van der Waals surface area contributed by atoms with Crippen LogP contribution in [-0.2, 0) is 11.2 Å². The van der Waals surface area contributed by atoms with Crippen LogP contribution in [0.2, 0.25) is 5.02 Å². The SMILES string of the molecule is [C-]#[N+]C[C@H]1CN(c2nc(OC[C@@H]3CCCN3C)nc3cc(-c4cccc5c4C4CC4C5)c(Cl)cc23)CCN1C(=O)C(=C)F. The Kier molecular flexibility index (Phi) is 7.22. The summed E-state index contributed by atoms with van der Waals surface area (Å²) in [4.78, 5) is 31.5. The number of amides is 1. The molecular weight excluding hydrogens is 567 g/mol. The van der Waals surface area contributed by atoms with E-state index in [9.17, 15) is 9.18 Å². The molecule has 2 aliphatic carbocycles. The van der Waals surface area contributed by atoms with Gasteiger partial charge >= 0.3 is 6.01 Å². The minimum absolute atomic E-state index is 0.0437. The number of likely N-dealkylation sites (N-methyl/N-ethyl adjacent to an activating group) is 1. The lowest BCUT2D eigenvalue weighted by Crippen LogP contribution is -2.56. The van der Waals surface area contributed by atoms with Crippen molar-refractivity contribution < 1.29 is 13.9 Å². The molecule has 1 aromatic heterocycles. The second-order valence-corrected chi connectivity index (χ2v) is 12.7. The van der Waals surface area contributed by atoms with Crippen LogP contribution in [0.3, 0.4) is 0 Å². The zero-order valence-electron chi connectivity index (χ0n) is 24.2.